The van der Waals surface area contributed by atoms with Crippen LogP contribution in [0.1, 0.15) is 46.5 Å². The lowest BCUT2D eigenvalue weighted by molar-refractivity contribution is -0.00834. The third-order valence-corrected chi connectivity index (χ3v) is 5.38. The molecule has 0 aromatic carbocycles. The van der Waals surface area contributed by atoms with Crippen molar-refractivity contribution in [2.45, 2.75) is 52.0 Å². The summed E-state index contributed by atoms with van der Waals surface area (Å²) in [5, 5.41) is 7.05. The van der Waals surface area contributed by atoms with Crippen LogP contribution in [0.4, 0.5) is 0 Å². The molecule has 0 spiro atoms. The van der Waals surface area contributed by atoms with E-state index in [-0.39, 0.29) is 29.5 Å². The van der Waals surface area contributed by atoms with Crippen LogP contribution in [0.2, 0.25) is 0 Å². The second-order valence-corrected chi connectivity index (χ2v) is 7.86. The van der Waals surface area contributed by atoms with Crippen molar-refractivity contribution in [1.29, 1.82) is 0 Å². The second-order valence-electron chi connectivity index (χ2n) is 7.86. The summed E-state index contributed by atoms with van der Waals surface area (Å²) in [5.41, 5.74) is 0.112. The molecule has 1 aliphatic heterocycles. The molecule has 2 atom stereocenters. The number of nitrogens with zero attached hydrogens (tertiary/aromatic N) is 2. The monoisotopic (exact) mass is 452 g/mol. The fraction of sp³-hybridized carbons (Fsp3) is 0.944. The van der Waals surface area contributed by atoms with Crippen LogP contribution in [0.25, 0.3) is 0 Å². The van der Waals surface area contributed by atoms with E-state index < -0.39 is 0 Å². The van der Waals surface area contributed by atoms with Crippen molar-refractivity contribution < 1.29 is 4.74 Å². The molecule has 2 fully saturated rings. The lowest BCUT2D eigenvalue weighted by Gasteiger charge is -2.41. The van der Waals surface area contributed by atoms with Crippen LogP contribution in [0.15, 0.2) is 4.99 Å². The van der Waals surface area contributed by atoms with Gasteiger partial charge in [-0.3, -0.25) is 9.89 Å². The van der Waals surface area contributed by atoms with Crippen molar-refractivity contribution in [3.63, 3.8) is 0 Å². The molecule has 6 heteroatoms. The van der Waals surface area contributed by atoms with Gasteiger partial charge in [0, 0.05) is 38.8 Å². The zero-order valence-electron chi connectivity index (χ0n) is 15.9. The van der Waals surface area contributed by atoms with Gasteiger partial charge in [-0.15, -0.1) is 24.0 Å². The summed E-state index contributed by atoms with van der Waals surface area (Å²) in [6, 6.07) is 0. The van der Waals surface area contributed by atoms with Gasteiger partial charge in [0.1, 0.15) is 0 Å². The summed E-state index contributed by atoms with van der Waals surface area (Å²) in [6.07, 6.45) is 5.48. The lowest BCUT2D eigenvalue weighted by Crippen LogP contribution is -2.56. The quantitative estimate of drug-likeness (QED) is 0.383. The molecule has 2 N–H and O–H groups in total. The van der Waals surface area contributed by atoms with Crippen LogP contribution in [0, 0.1) is 11.8 Å². The molecule has 1 heterocycles. The van der Waals surface area contributed by atoms with E-state index in [0.29, 0.717) is 0 Å². The van der Waals surface area contributed by atoms with E-state index in [2.05, 4.69) is 41.3 Å². The van der Waals surface area contributed by atoms with E-state index in [4.69, 9.17) is 4.74 Å². The van der Waals surface area contributed by atoms with Gasteiger partial charge in [-0.25, -0.2) is 0 Å². The van der Waals surface area contributed by atoms with Crippen molar-refractivity contribution >= 4 is 29.9 Å². The van der Waals surface area contributed by atoms with E-state index in [0.717, 1.165) is 57.2 Å². The van der Waals surface area contributed by atoms with Gasteiger partial charge in [-0.05, 0) is 38.5 Å². The Morgan fingerprint density at radius 3 is 2.54 bits per heavy atom. The molecule has 0 amide bonds. The van der Waals surface area contributed by atoms with Crippen molar-refractivity contribution in [1.82, 2.24) is 15.5 Å². The predicted molar refractivity (Wildman–Crippen MR) is 112 cm³/mol. The topological polar surface area (TPSA) is 48.9 Å². The van der Waals surface area contributed by atoms with Gasteiger partial charge in [-0.1, -0.05) is 19.8 Å². The minimum atomic E-state index is 0. The van der Waals surface area contributed by atoms with Crippen LogP contribution in [-0.4, -0.2) is 62.8 Å². The highest BCUT2D eigenvalue weighted by Gasteiger charge is 2.28. The van der Waals surface area contributed by atoms with E-state index >= 15 is 0 Å². The summed E-state index contributed by atoms with van der Waals surface area (Å²) in [6.45, 7) is 12.6. The molecular weight excluding hydrogens is 415 g/mol. The summed E-state index contributed by atoms with van der Waals surface area (Å²) in [4.78, 5) is 6.89. The molecule has 0 aromatic rings. The van der Waals surface area contributed by atoms with Gasteiger partial charge < -0.3 is 15.4 Å². The first-order valence-electron chi connectivity index (χ1n) is 9.28. The number of aliphatic imine (C=N–C) groups is 1. The van der Waals surface area contributed by atoms with E-state index in [1.54, 1.807) is 0 Å². The predicted octanol–water partition coefficient (Wildman–Crippen LogP) is 2.71. The van der Waals surface area contributed by atoms with Crippen molar-refractivity contribution in [2.24, 2.45) is 16.8 Å². The standard InChI is InChI=1S/C18H36N4O.HI/c1-15-6-5-7-16(12-15)13-20-17(19-4)21-14-18(2,3)22-8-10-23-11-9-22;/h15-16H,5-14H2,1-4H3,(H2,19,20,21);1H. The van der Waals surface area contributed by atoms with Gasteiger partial charge in [0.15, 0.2) is 5.96 Å². The van der Waals surface area contributed by atoms with E-state index in [1.807, 2.05) is 7.05 Å². The highest BCUT2D eigenvalue weighted by Crippen LogP contribution is 2.27. The molecular formula is C18H37IN4O. The average molecular weight is 452 g/mol. The molecule has 2 unspecified atom stereocenters. The summed E-state index contributed by atoms with van der Waals surface area (Å²) in [5.74, 6) is 2.61. The molecule has 1 saturated heterocycles. The maximum absolute atomic E-state index is 5.46. The first-order valence-corrected chi connectivity index (χ1v) is 9.28. The Morgan fingerprint density at radius 1 is 1.21 bits per heavy atom. The van der Waals surface area contributed by atoms with Gasteiger partial charge in [-0.2, -0.15) is 0 Å². The van der Waals surface area contributed by atoms with Crippen molar-refractivity contribution in [3.8, 4) is 0 Å². The number of hydrogen-bond acceptors (Lipinski definition) is 3. The maximum atomic E-state index is 5.46. The smallest absolute Gasteiger partial charge is 0.191 e. The molecule has 2 rings (SSSR count). The van der Waals surface area contributed by atoms with Gasteiger partial charge >= 0.3 is 0 Å². The molecule has 0 aromatic heterocycles. The molecule has 1 aliphatic carbocycles. The number of nitrogens with one attached hydrogen (secondary N) is 2. The molecule has 0 bridgehead atoms. The third kappa shape index (κ3) is 7.04. The fourth-order valence-corrected chi connectivity index (χ4v) is 3.79. The molecule has 5 nitrogen and oxygen atoms in total. The first-order chi connectivity index (χ1) is 11.0. The maximum Gasteiger partial charge on any atom is 0.191 e. The minimum Gasteiger partial charge on any atom is -0.379 e. The zero-order chi connectivity index (χ0) is 16.7. The Kier molecular flexibility index (Phi) is 9.89. The fourth-order valence-electron chi connectivity index (χ4n) is 3.79. The highest BCUT2D eigenvalue weighted by molar-refractivity contribution is 14.0. The minimum absolute atomic E-state index is 0. The Bertz CT molecular complexity index is 383. The van der Waals surface area contributed by atoms with Gasteiger partial charge in [0.05, 0.1) is 13.2 Å². The molecule has 2 aliphatic rings. The van der Waals surface area contributed by atoms with Crippen LogP contribution in [-0.2, 0) is 4.74 Å². The van der Waals surface area contributed by atoms with Gasteiger partial charge in [0.2, 0.25) is 0 Å². The normalized spacial score (nSPS) is 26.6. The van der Waals surface area contributed by atoms with E-state index in [9.17, 15) is 0 Å². The third-order valence-electron chi connectivity index (χ3n) is 5.38. The summed E-state index contributed by atoms with van der Waals surface area (Å²) >= 11 is 0. The first kappa shape index (κ1) is 22.0. The van der Waals surface area contributed by atoms with E-state index in [1.165, 1.54) is 25.7 Å². The zero-order valence-corrected chi connectivity index (χ0v) is 18.3. The molecule has 142 valence electrons. The Labute approximate surface area is 165 Å². The van der Waals surface area contributed by atoms with Crippen LogP contribution in [0.3, 0.4) is 0 Å². The summed E-state index contributed by atoms with van der Waals surface area (Å²) < 4.78 is 5.46. The average Bonchev–Trinajstić information content (AvgIpc) is 2.56. The Morgan fingerprint density at radius 2 is 1.92 bits per heavy atom. The Balaban J connectivity index is 0.00000288. The number of guanidine groups is 1. The number of hydrogen-bond donors (Lipinski definition) is 2. The Hall–Kier alpha value is -0.0800. The number of ether oxygens (including phenoxy) is 1. The van der Waals surface area contributed by atoms with Crippen molar-refractivity contribution in [3.05, 3.63) is 0 Å². The largest absolute Gasteiger partial charge is 0.379 e. The van der Waals surface area contributed by atoms with Crippen molar-refractivity contribution in [2.75, 3.05) is 46.4 Å². The molecule has 1 saturated carbocycles. The number of morpholine rings is 1. The lowest BCUT2D eigenvalue weighted by atomic mass is 9.82. The van der Waals surface area contributed by atoms with Gasteiger partial charge in [0.25, 0.3) is 0 Å². The summed E-state index contributed by atoms with van der Waals surface area (Å²) in [7, 11) is 1.86. The highest BCUT2D eigenvalue weighted by atomic mass is 127. The second kappa shape index (κ2) is 10.8. The van der Waals surface area contributed by atoms with Crippen LogP contribution in [0.5, 0.6) is 0 Å². The van der Waals surface area contributed by atoms with Crippen LogP contribution >= 0.6 is 24.0 Å². The SMILES string of the molecule is CN=C(NCC1CCCC(C)C1)NCC(C)(C)N1CCOCC1.I. The molecule has 0 radical (unpaired) electrons. The number of rotatable bonds is 5. The molecule has 24 heavy (non-hydrogen) atoms. The number of halogens is 1. The van der Waals surface area contributed by atoms with Crippen LogP contribution < -0.4 is 10.6 Å².